The van der Waals surface area contributed by atoms with Crippen LogP contribution in [0.15, 0.2) is 0 Å². The van der Waals surface area contributed by atoms with Gasteiger partial charge in [-0.2, -0.15) is 0 Å². The number of carbonyl (C=O) groups excluding carboxylic acids is 2. The van der Waals surface area contributed by atoms with E-state index < -0.39 is 0 Å². The zero-order valence-electron chi connectivity index (χ0n) is 23.9. The standard InChI is InChI=1S/C28H54O6S2/c1-7-11-15-25(9-3)19-33-27(29)21-35-23(5)31-17-13-14-18-32-24(6)36-22-28(30)34-20-26(10-4)16-12-8-2/h23-26H,7-22H2,1-6H3. The van der Waals surface area contributed by atoms with E-state index in [1.807, 2.05) is 13.8 Å². The summed E-state index contributed by atoms with van der Waals surface area (Å²) in [4.78, 5) is 24.0. The van der Waals surface area contributed by atoms with Crippen molar-refractivity contribution in [2.45, 2.75) is 117 Å². The zero-order chi connectivity index (χ0) is 27.0. The summed E-state index contributed by atoms with van der Waals surface area (Å²) in [5.74, 6) is 1.27. The van der Waals surface area contributed by atoms with Crippen LogP contribution in [0.4, 0.5) is 0 Å². The van der Waals surface area contributed by atoms with Gasteiger partial charge in [-0.15, -0.1) is 23.5 Å². The molecule has 0 aromatic rings. The summed E-state index contributed by atoms with van der Waals surface area (Å²) in [7, 11) is 0. The van der Waals surface area contributed by atoms with Gasteiger partial charge in [0.25, 0.3) is 0 Å². The van der Waals surface area contributed by atoms with Crippen LogP contribution in [0.3, 0.4) is 0 Å². The molecule has 0 bridgehead atoms. The highest BCUT2D eigenvalue weighted by atomic mass is 32.2. The van der Waals surface area contributed by atoms with Crippen molar-refractivity contribution in [3.63, 3.8) is 0 Å². The van der Waals surface area contributed by atoms with Crippen molar-refractivity contribution < 1.29 is 28.5 Å². The lowest BCUT2D eigenvalue weighted by Gasteiger charge is -2.16. The summed E-state index contributed by atoms with van der Waals surface area (Å²) in [6.45, 7) is 14.9. The predicted molar refractivity (Wildman–Crippen MR) is 154 cm³/mol. The van der Waals surface area contributed by atoms with E-state index in [1.54, 1.807) is 0 Å². The first kappa shape index (κ1) is 35.6. The topological polar surface area (TPSA) is 71.1 Å². The van der Waals surface area contributed by atoms with E-state index in [4.69, 9.17) is 18.9 Å². The Morgan fingerprint density at radius 2 is 1.03 bits per heavy atom. The van der Waals surface area contributed by atoms with Gasteiger partial charge in [0.2, 0.25) is 0 Å². The van der Waals surface area contributed by atoms with E-state index in [-0.39, 0.29) is 22.8 Å². The molecule has 0 heterocycles. The minimum absolute atomic E-state index is 0.0460. The molecule has 0 aromatic carbocycles. The highest BCUT2D eigenvalue weighted by molar-refractivity contribution is 8.00. The van der Waals surface area contributed by atoms with Crippen molar-refractivity contribution in [2.24, 2.45) is 11.8 Å². The second kappa shape index (κ2) is 24.9. The molecule has 0 aliphatic rings. The molecule has 0 spiro atoms. The number of hydrogen-bond donors (Lipinski definition) is 0. The van der Waals surface area contributed by atoms with Gasteiger partial charge < -0.3 is 18.9 Å². The van der Waals surface area contributed by atoms with Gasteiger partial charge in [-0.25, -0.2) is 0 Å². The largest absolute Gasteiger partial charge is 0.465 e. The molecule has 8 heteroatoms. The molecule has 0 amide bonds. The maximum atomic E-state index is 12.0. The highest BCUT2D eigenvalue weighted by Crippen LogP contribution is 2.17. The van der Waals surface area contributed by atoms with Gasteiger partial charge in [0, 0.05) is 13.2 Å². The van der Waals surface area contributed by atoms with Crippen LogP contribution in [0.1, 0.15) is 106 Å². The average molecular weight is 551 g/mol. The third-order valence-electron chi connectivity index (χ3n) is 6.16. The average Bonchev–Trinajstić information content (AvgIpc) is 2.88. The number of hydrogen-bond acceptors (Lipinski definition) is 8. The van der Waals surface area contributed by atoms with E-state index in [1.165, 1.54) is 49.2 Å². The summed E-state index contributed by atoms with van der Waals surface area (Å²) in [6.07, 6.45) is 10.8. The van der Waals surface area contributed by atoms with Crippen LogP contribution >= 0.6 is 23.5 Å². The van der Waals surface area contributed by atoms with Gasteiger partial charge >= 0.3 is 11.9 Å². The van der Waals surface area contributed by atoms with E-state index in [9.17, 15) is 9.59 Å². The van der Waals surface area contributed by atoms with Gasteiger partial charge in [-0.05, 0) is 51.4 Å². The molecule has 6 nitrogen and oxygen atoms in total. The molecule has 214 valence electrons. The van der Waals surface area contributed by atoms with Gasteiger partial charge in [-0.3, -0.25) is 9.59 Å². The molecule has 36 heavy (non-hydrogen) atoms. The Bertz CT molecular complexity index is 488. The van der Waals surface area contributed by atoms with Gasteiger partial charge in [0.05, 0.1) is 24.7 Å². The number of carbonyl (C=O) groups is 2. The Balaban J connectivity index is 3.72. The monoisotopic (exact) mass is 550 g/mol. The first-order valence-corrected chi connectivity index (χ1v) is 16.2. The van der Waals surface area contributed by atoms with Crippen molar-refractivity contribution in [3.8, 4) is 0 Å². The van der Waals surface area contributed by atoms with Crippen molar-refractivity contribution in [1.29, 1.82) is 0 Å². The van der Waals surface area contributed by atoms with Crippen LogP contribution in [0.5, 0.6) is 0 Å². The molecule has 0 radical (unpaired) electrons. The van der Waals surface area contributed by atoms with Crippen molar-refractivity contribution >= 4 is 35.5 Å². The van der Waals surface area contributed by atoms with Crippen LogP contribution < -0.4 is 0 Å². The van der Waals surface area contributed by atoms with E-state index >= 15 is 0 Å². The minimum Gasteiger partial charge on any atom is -0.465 e. The summed E-state index contributed by atoms with van der Waals surface area (Å²) < 4.78 is 22.5. The van der Waals surface area contributed by atoms with E-state index in [0.29, 0.717) is 49.8 Å². The number of ether oxygens (including phenoxy) is 4. The molecule has 0 saturated carbocycles. The lowest BCUT2D eigenvalue weighted by Crippen LogP contribution is -2.17. The number of unbranched alkanes of at least 4 members (excludes halogenated alkanes) is 3. The molecule has 0 saturated heterocycles. The predicted octanol–water partition coefficient (Wildman–Crippen LogP) is 7.48. The molecule has 0 N–H and O–H groups in total. The fraction of sp³-hybridized carbons (Fsp3) is 0.929. The van der Waals surface area contributed by atoms with Gasteiger partial charge in [-0.1, -0.05) is 66.2 Å². The summed E-state index contributed by atoms with van der Waals surface area (Å²) in [5.41, 5.74) is -0.0920. The first-order valence-electron chi connectivity index (χ1n) is 14.1. The lowest BCUT2D eigenvalue weighted by atomic mass is 10.0. The second-order valence-electron chi connectivity index (χ2n) is 9.40. The maximum Gasteiger partial charge on any atom is 0.315 e. The SMILES string of the molecule is CCCCC(CC)COC(=O)CSC(C)OCCCCOC(C)SCC(=O)OCC(CC)CCCC. The van der Waals surface area contributed by atoms with Crippen molar-refractivity contribution in [2.75, 3.05) is 37.9 Å². The van der Waals surface area contributed by atoms with Crippen LogP contribution in [-0.4, -0.2) is 60.7 Å². The Kier molecular flexibility index (Phi) is 24.6. The molecule has 0 fully saturated rings. The van der Waals surface area contributed by atoms with Crippen LogP contribution in [0.25, 0.3) is 0 Å². The molecular formula is C28H54O6S2. The molecule has 0 rings (SSSR count). The zero-order valence-corrected chi connectivity index (χ0v) is 25.5. The van der Waals surface area contributed by atoms with E-state index in [2.05, 4.69) is 27.7 Å². The fourth-order valence-electron chi connectivity index (χ4n) is 3.47. The van der Waals surface area contributed by atoms with Crippen molar-refractivity contribution in [1.82, 2.24) is 0 Å². The normalized spacial score (nSPS) is 14.7. The van der Waals surface area contributed by atoms with Crippen LogP contribution in [0.2, 0.25) is 0 Å². The van der Waals surface area contributed by atoms with Crippen molar-refractivity contribution in [3.05, 3.63) is 0 Å². The number of rotatable bonds is 25. The first-order chi connectivity index (χ1) is 17.4. The fourth-order valence-corrected chi connectivity index (χ4v) is 4.76. The summed E-state index contributed by atoms with van der Waals surface area (Å²) in [5, 5.41) is 0. The summed E-state index contributed by atoms with van der Waals surface area (Å²) in [6, 6.07) is 0. The smallest absolute Gasteiger partial charge is 0.315 e. The third kappa shape index (κ3) is 21.6. The van der Waals surface area contributed by atoms with Crippen LogP contribution in [0, 0.1) is 11.8 Å². The third-order valence-corrected chi connectivity index (χ3v) is 8.18. The highest BCUT2D eigenvalue weighted by Gasteiger charge is 2.14. The maximum absolute atomic E-state index is 12.0. The lowest BCUT2D eigenvalue weighted by molar-refractivity contribution is -0.142. The molecule has 4 unspecified atom stereocenters. The van der Waals surface area contributed by atoms with Crippen LogP contribution in [-0.2, 0) is 28.5 Å². The molecule has 4 atom stereocenters. The van der Waals surface area contributed by atoms with Gasteiger partial charge in [0.15, 0.2) is 0 Å². The Labute approximate surface area is 230 Å². The second-order valence-corrected chi connectivity index (χ2v) is 12.0. The Hall–Kier alpha value is -0.440. The molecule has 0 aliphatic carbocycles. The molecule has 0 aromatic heterocycles. The van der Waals surface area contributed by atoms with Gasteiger partial charge in [0.1, 0.15) is 10.9 Å². The number of esters is 2. The Morgan fingerprint density at radius 3 is 1.36 bits per heavy atom. The molecular weight excluding hydrogens is 496 g/mol. The summed E-state index contributed by atoms with van der Waals surface area (Å²) >= 11 is 2.95. The Morgan fingerprint density at radius 1 is 0.639 bits per heavy atom. The quantitative estimate of drug-likeness (QED) is 0.0658. The number of thioether (sulfide) groups is 2. The van der Waals surface area contributed by atoms with E-state index in [0.717, 1.165) is 38.5 Å². The molecule has 0 aliphatic heterocycles. The minimum atomic E-state index is -0.157.